The van der Waals surface area contributed by atoms with Gasteiger partial charge in [-0.2, -0.15) is 0 Å². The predicted octanol–water partition coefficient (Wildman–Crippen LogP) is -0.302. The van der Waals surface area contributed by atoms with Crippen molar-refractivity contribution in [3.63, 3.8) is 0 Å². The molecule has 0 atom stereocenters. The minimum atomic E-state index is -1.29. The topological polar surface area (TPSA) is 43.4 Å². The third kappa shape index (κ3) is 1.68. The van der Waals surface area contributed by atoms with Crippen molar-refractivity contribution in [2.75, 3.05) is 13.8 Å². The van der Waals surface area contributed by atoms with Crippen molar-refractivity contribution in [2.45, 2.75) is 0 Å². The molecular weight excluding hydrogens is 115 g/mol. The van der Waals surface area contributed by atoms with Gasteiger partial charge in [0.1, 0.15) is 0 Å². The summed E-state index contributed by atoms with van der Waals surface area (Å²) in [5, 5.41) is 0. The van der Waals surface area contributed by atoms with E-state index in [-0.39, 0.29) is 0 Å². The van der Waals surface area contributed by atoms with Crippen molar-refractivity contribution in [3.05, 3.63) is 0 Å². The first-order chi connectivity index (χ1) is 3.72. The molecule has 0 bridgehead atoms. The molecule has 0 saturated heterocycles. The highest BCUT2D eigenvalue weighted by Crippen LogP contribution is 1.77. The number of Topliss-reactive ketones (excluding diaryl/α,β-unsaturated/α-hetero) is 1. The van der Waals surface area contributed by atoms with Gasteiger partial charge in [0.2, 0.25) is 0 Å². The van der Waals surface area contributed by atoms with Crippen LogP contribution in [0.5, 0.6) is 0 Å². The Labute approximate surface area is 45.4 Å². The Hall–Kier alpha value is -0.930. The van der Waals surface area contributed by atoms with Crippen LogP contribution in [0.1, 0.15) is 0 Å². The Morgan fingerprint density at radius 3 is 2.25 bits per heavy atom. The lowest BCUT2D eigenvalue weighted by Crippen LogP contribution is -2.16. The zero-order valence-corrected chi connectivity index (χ0v) is 4.31. The lowest BCUT2D eigenvalue weighted by atomic mass is 10.4. The zero-order valence-electron chi connectivity index (χ0n) is 4.31. The number of ketones is 1. The molecule has 0 rings (SSSR count). The quantitative estimate of drug-likeness (QED) is 0.371. The Kier molecular flexibility index (Phi) is 2.76. The zero-order chi connectivity index (χ0) is 6.57. The first kappa shape index (κ1) is 7.07. The van der Waals surface area contributed by atoms with E-state index >= 15 is 0 Å². The van der Waals surface area contributed by atoms with Crippen molar-refractivity contribution >= 4 is 11.8 Å². The molecule has 0 amide bonds. The smallest absolute Gasteiger partial charge is 0.377 e. The predicted molar refractivity (Wildman–Crippen MR) is 23.0 cm³/mol. The van der Waals surface area contributed by atoms with Gasteiger partial charge in [-0.25, -0.2) is 9.18 Å². The van der Waals surface area contributed by atoms with Crippen molar-refractivity contribution in [3.8, 4) is 0 Å². The van der Waals surface area contributed by atoms with Crippen LogP contribution in [0.25, 0.3) is 0 Å². The van der Waals surface area contributed by atoms with Gasteiger partial charge in [0.05, 0.1) is 7.11 Å². The van der Waals surface area contributed by atoms with E-state index in [0.29, 0.717) is 0 Å². The van der Waals surface area contributed by atoms with Crippen molar-refractivity contribution in [1.29, 1.82) is 0 Å². The highest BCUT2D eigenvalue weighted by Gasteiger charge is 2.11. The van der Waals surface area contributed by atoms with Crippen LogP contribution in [0.3, 0.4) is 0 Å². The van der Waals surface area contributed by atoms with E-state index in [4.69, 9.17) is 0 Å². The fourth-order valence-corrected chi connectivity index (χ4v) is 0.168. The highest BCUT2D eigenvalue weighted by molar-refractivity contribution is 6.34. The molecule has 0 aromatic rings. The SMILES string of the molecule is COC(=O)C(=O)CF. The van der Waals surface area contributed by atoms with Crippen LogP contribution in [-0.2, 0) is 14.3 Å². The molecule has 8 heavy (non-hydrogen) atoms. The largest absolute Gasteiger partial charge is 0.463 e. The van der Waals surface area contributed by atoms with E-state index in [1.165, 1.54) is 0 Å². The molecule has 46 valence electrons. The van der Waals surface area contributed by atoms with Gasteiger partial charge in [-0.05, 0) is 0 Å². The summed E-state index contributed by atoms with van der Waals surface area (Å²) in [7, 11) is 1.02. The number of hydrogen-bond donors (Lipinski definition) is 0. The monoisotopic (exact) mass is 120 g/mol. The maximum absolute atomic E-state index is 11.2. The average molecular weight is 120 g/mol. The first-order valence-electron chi connectivity index (χ1n) is 1.89. The fraction of sp³-hybridized carbons (Fsp3) is 0.500. The third-order valence-corrected chi connectivity index (χ3v) is 0.534. The van der Waals surface area contributed by atoms with Crippen LogP contribution < -0.4 is 0 Å². The van der Waals surface area contributed by atoms with Crippen LogP contribution in [0.4, 0.5) is 4.39 Å². The summed E-state index contributed by atoms with van der Waals surface area (Å²) in [6.07, 6.45) is 0. The maximum Gasteiger partial charge on any atom is 0.377 e. The van der Waals surface area contributed by atoms with Gasteiger partial charge in [0.15, 0.2) is 6.67 Å². The van der Waals surface area contributed by atoms with E-state index in [2.05, 4.69) is 4.74 Å². The normalized spacial score (nSPS) is 8.25. The Morgan fingerprint density at radius 2 is 2.12 bits per heavy atom. The Morgan fingerprint density at radius 1 is 1.62 bits per heavy atom. The lowest BCUT2D eigenvalue weighted by molar-refractivity contribution is -0.151. The minimum Gasteiger partial charge on any atom is -0.463 e. The molecule has 3 nitrogen and oxygen atoms in total. The van der Waals surface area contributed by atoms with Gasteiger partial charge in [-0.15, -0.1) is 0 Å². The second-order valence-corrected chi connectivity index (χ2v) is 1.05. The number of carbonyl (C=O) groups excluding carboxylic acids is 2. The van der Waals surface area contributed by atoms with Crippen LogP contribution in [0.15, 0.2) is 0 Å². The van der Waals surface area contributed by atoms with Crippen LogP contribution in [-0.4, -0.2) is 25.5 Å². The number of hydrogen-bond acceptors (Lipinski definition) is 3. The minimum absolute atomic E-state index is 1.02. The second-order valence-electron chi connectivity index (χ2n) is 1.05. The van der Waals surface area contributed by atoms with E-state index in [0.717, 1.165) is 7.11 Å². The molecule has 0 unspecified atom stereocenters. The molecule has 0 aliphatic heterocycles. The summed E-state index contributed by atoms with van der Waals surface area (Å²) in [6.45, 7) is -1.29. The molecule has 0 aliphatic rings. The molecule has 4 heteroatoms. The summed E-state index contributed by atoms with van der Waals surface area (Å²) in [6, 6.07) is 0. The number of rotatable bonds is 2. The van der Waals surface area contributed by atoms with Gasteiger partial charge in [0.25, 0.3) is 5.78 Å². The van der Waals surface area contributed by atoms with E-state index in [1.807, 2.05) is 0 Å². The molecule has 0 aromatic carbocycles. The van der Waals surface area contributed by atoms with Crippen molar-refractivity contribution in [2.24, 2.45) is 0 Å². The van der Waals surface area contributed by atoms with Crippen molar-refractivity contribution < 1.29 is 18.7 Å². The van der Waals surface area contributed by atoms with E-state index < -0.39 is 18.4 Å². The molecule has 0 heterocycles. The molecule has 0 fully saturated rings. The number of methoxy groups -OCH3 is 1. The number of carbonyl (C=O) groups is 2. The standard InChI is InChI=1S/C4H5FO3/c1-8-4(7)3(6)2-5/h2H2,1H3. The Bertz CT molecular complexity index is 95.9. The summed E-state index contributed by atoms with van der Waals surface area (Å²) in [5.41, 5.74) is 0. The van der Waals surface area contributed by atoms with Gasteiger partial charge in [-0.1, -0.05) is 0 Å². The summed E-state index contributed by atoms with van der Waals surface area (Å²) in [4.78, 5) is 19.8. The van der Waals surface area contributed by atoms with Gasteiger partial charge < -0.3 is 4.74 Å². The van der Waals surface area contributed by atoms with Crippen molar-refractivity contribution in [1.82, 2.24) is 0 Å². The number of esters is 1. The first-order valence-corrected chi connectivity index (χ1v) is 1.89. The summed E-state index contributed by atoms with van der Waals surface area (Å²) >= 11 is 0. The molecule has 0 aromatic heterocycles. The van der Waals surface area contributed by atoms with Crippen LogP contribution in [0, 0.1) is 0 Å². The summed E-state index contributed by atoms with van der Waals surface area (Å²) < 4.78 is 15.0. The van der Waals surface area contributed by atoms with E-state index in [9.17, 15) is 14.0 Å². The van der Waals surface area contributed by atoms with Crippen LogP contribution in [0.2, 0.25) is 0 Å². The number of ether oxygens (including phenoxy) is 1. The highest BCUT2D eigenvalue weighted by atomic mass is 19.1. The molecule has 0 aliphatic carbocycles. The number of halogens is 1. The molecule has 0 spiro atoms. The van der Waals surface area contributed by atoms with E-state index in [1.54, 1.807) is 0 Å². The molecular formula is C4H5FO3. The summed E-state index contributed by atoms with van der Waals surface area (Å²) in [5.74, 6) is -2.28. The molecule has 0 N–H and O–H groups in total. The van der Waals surface area contributed by atoms with Gasteiger partial charge in [-0.3, -0.25) is 4.79 Å². The molecule has 0 saturated carbocycles. The fourth-order valence-electron chi connectivity index (χ4n) is 0.168. The number of alkyl halides is 1. The third-order valence-electron chi connectivity index (χ3n) is 0.534. The second kappa shape index (κ2) is 3.12. The lowest BCUT2D eigenvalue weighted by Gasteiger charge is -1.89. The van der Waals surface area contributed by atoms with Gasteiger partial charge >= 0.3 is 5.97 Å². The maximum atomic E-state index is 11.2. The average Bonchev–Trinajstić information content (AvgIpc) is 1.84. The van der Waals surface area contributed by atoms with Gasteiger partial charge in [0, 0.05) is 0 Å². The molecule has 0 radical (unpaired) electrons. The Balaban J connectivity index is 3.64. The van der Waals surface area contributed by atoms with Crippen LogP contribution >= 0.6 is 0 Å².